The molecule has 47 heavy (non-hydrogen) atoms. The number of nitrogens with one attached hydrogen (secondary N) is 1. The zero-order valence-electron chi connectivity index (χ0n) is 26.3. The number of halogens is 4. The van der Waals surface area contributed by atoms with Crippen molar-refractivity contribution >= 4 is 28.7 Å². The largest absolute Gasteiger partial charge is 0.494 e. The Hall–Kier alpha value is -3.88. The summed E-state index contributed by atoms with van der Waals surface area (Å²) in [6.07, 6.45) is 1.90. The number of aromatic nitrogens is 2. The summed E-state index contributed by atoms with van der Waals surface area (Å²) < 4.78 is 60.1. The summed E-state index contributed by atoms with van der Waals surface area (Å²) in [5.74, 6) is 0.324. The predicted molar refractivity (Wildman–Crippen MR) is 171 cm³/mol. The van der Waals surface area contributed by atoms with Gasteiger partial charge in [0.25, 0.3) is 0 Å². The highest BCUT2D eigenvalue weighted by molar-refractivity contribution is 5.80. The van der Waals surface area contributed by atoms with E-state index in [1.54, 1.807) is 13.2 Å². The molecule has 1 atom stereocenters. The summed E-state index contributed by atoms with van der Waals surface area (Å²) in [5, 5.41) is 4.64. The Balaban J connectivity index is 1.03. The van der Waals surface area contributed by atoms with Crippen LogP contribution in [0.5, 0.6) is 5.75 Å². The van der Waals surface area contributed by atoms with E-state index in [9.17, 15) is 17.6 Å². The summed E-state index contributed by atoms with van der Waals surface area (Å²) in [6, 6.07) is 8.66. The quantitative estimate of drug-likeness (QED) is 0.236. The Morgan fingerprint density at radius 1 is 0.872 bits per heavy atom. The van der Waals surface area contributed by atoms with Crippen LogP contribution < -0.4 is 25.8 Å². The van der Waals surface area contributed by atoms with Crippen LogP contribution >= 0.6 is 0 Å². The van der Waals surface area contributed by atoms with Crippen molar-refractivity contribution in [2.24, 2.45) is 0 Å². The molecule has 7 rings (SSSR count). The minimum absolute atomic E-state index is 0.146. The third kappa shape index (κ3) is 6.90. The Bertz CT molecular complexity index is 1570. The van der Waals surface area contributed by atoms with Crippen LogP contribution in [0.25, 0.3) is 0 Å². The van der Waals surface area contributed by atoms with Gasteiger partial charge in [0, 0.05) is 69.9 Å². The summed E-state index contributed by atoms with van der Waals surface area (Å²) in [6.45, 7) is 6.71. The number of nitrogens with two attached hydrogens (primary N) is 1. The first kappa shape index (κ1) is 31.7. The van der Waals surface area contributed by atoms with E-state index in [4.69, 9.17) is 15.3 Å². The number of nitrogen functional groups attached to an aromatic ring is 1. The average Bonchev–Trinajstić information content (AvgIpc) is 3.80. The van der Waals surface area contributed by atoms with Crippen LogP contribution in [0.3, 0.4) is 0 Å². The molecule has 4 fully saturated rings. The fourth-order valence-corrected chi connectivity index (χ4v) is 7.15. The molecule has 14 heteroatoms. The minimum Gasteiger partial charge on any atom is -0.494 e. The van der Waals surface area contributed by atoms with E-state index in [1.807, 2.05) is 12.1 Å². The van der Waals surface area contributed by atoms with Crippen molar-refractivity contribution in [3.63, 3.8) is 0 Å². The number of piperazine rings is 1. The monoisotopic (exact) mass is 656 g/mol. The van der Waals surface area contributed by atoms with Crippen LogP contribution in [0, 0.1) is 5.82 Å². The molecule has 1 saturated carbocycles. The van der Waals surface area contributed by atoms with Gasteiger partial charge in [0.15, 0.2) is 5.82 Å². The highest BCUT2D eigenvalue weighted by Gasteiger charge is 2.36. The summed E-state index contributed by atoms with van der Waals surface area (Å²) >= 11 is 0. The summed E-state index contributed by atoms with van der Waals surface area (Å²) in [5.41, 5.74) is 7.82. The lowest BCUT2D eigenvalue weighted by molar-refractivity contribution is -0.137. The minimum atomic E-state index is -4.68. The molecular formula is C33H40F4N8O2. The number of benzene rings is 2. The van der Waals surface area contributed by atoms with E-state index in [-0.39, 0.29) is 12.2 Å². The van der Waals surface area contributed by atoms with Crippen molar-refractivity contribution < 1.29 is 27.1 Å². The van der Waals surface area contributed by atoms with Crippen LogP contribution in [0.4, 0.5) is 46.3 Å². The van der Waals surface area contributed by atoms with Crippen molar-refractivity contribution in [2.45, 2.75) is 56.4 Å². The van der Waals surface area contributed by atoms with Crippen LogP contribution in [-0.2, 0) is 11.0 Å². The van der Waals surface area contributed by atoms with Crippen LogP contribution in [0.1, 0.15) is 49.3 Å². The fraction of sp³-hybridized carbons (Fsp3) is 0.515. The van der Waals surface area contributed by atoms with Crippen LogP contribution in [0.2, 0.25) is 0 Å². The molecule has 1 aromatic heterocycles. The molecule has 0 spiro atoms. The van der Waals surface area contributed by atoms with E-state index in [2.05, 4.69) is 30.0 Å². The molecule has 3 saturated heterocycles. The fourth-order valence-electron chi connectivity index (χ4n) is 7.15. The molecule has 4 heterocycles. The lowest BCUT2D eigenvalue weighted by atomic mass is 10.0. The second-order valence-corrected chi connectivity index (χ2v) is 12.8. The number of nitrogens with zero attached hydrogens (tertiary/aromatic N) is 6. The molecule has 3 aliphatic heterocycles. The number of hydrogen-bond donors (Lipinski definition) is 2. The van der Waals surface area contributed by atoms with Gasteiger partial charge < -0.3 is 20.7 Å². The van der Waals surface area contributed by atoms with Crippen molar-refractivity contribution in [2.75, 3.05) is 74.0 Å². The second-order valence-electron chi connectivity index (χ2n) is 12.8. The van der Waals surface area contributed by atoms with Crippen molar-refractivity contribution in [1.29, 1.82) is 0 Å². The molecule has 0 bridgehead atoms. The number of rotatable bonds is 8. The zero-order valence-corrected chi connectivity index (χ0v) is 26.3. The molecule has 1 unspecified atom stereocenters. The molecule has 0 radical (unpaired) electrons. The molecule has 3 aromatic rings. The SMILES string of the molecule is COc1cc(N2CCC(N3CCN(C4CC4)CC3)CC2)c(N)cc1Nc1cc(N2OCCC2c2cc(F)cc(C(F)(F)F)c2)ncn1. The van der Waals surface area contributed by atoms with Gasteiger partial charge >= 0.3 is 6.18 Å². The highest BCUT2D eigenvalue weighted by Crippen LogP contribution is 2.40. The van der Waals surface area contributed by atoms with Gasteiger partial charge in [-0.15, -0.1) is 0 Å². The van der Waals surface area contributed by atoms with Gasteiger partial charge in [-0.3, -0.25) is 14.6 Å². The maximum absolute atomic E-state index is 14.2. The Kier molecular flexibility index (Phi) is 8.75. The Morgan fingerprint density at radius 2 is 1.57 bits per heavy atom. The third-order valence-corrected chi connectivity index (χ3v) is 9.76. The van der Waals surface area contributed by atoms with E-state index >= 15 is 0 Å². The van der Waals surface area contributed by atoms with Gasteiger partial charge in [0.2, 0.25) is 0 Å². The van der Waals surface area contributed by atoms with Crippen molar-refractivity contribution in [3.05, 3.63) is 59.7 Å². The zero-order chi connectivity index (χ0) is 32.7. The lowest BCUT2D eigenvalue weighted by Crippen LogP contribution is -2.53. The molecule has 252 valence electrons. The van der Waals surface area contributed by atoms with Gasteiger partial charge in [-0.2, -0.15) is 13.2 Å². The van der Waals surface area contributed by atoms with Gasteiger partial charge in [-0.1, -0.05) is 0 Å². The lowest BCUT2D eigenvalue weighted by Gasteiger charge is -2.43. The number of ether oxygens (including phenoxy) is 1. The summed E-state index contributed by atoms with van der Waals surface area (Å²) in [7, 11) is 1.59. The van der Waals surface area contributed by atoms with Crippen LogP contribution in [0.15, 0.2) is 42.7 Å². The standard InChI is InChI=1S/C33H40F4N8O2/c1-46-30-18-29(44-7-4-25(5-8-44)43-11-9-42(10-12-43)24-2-3-24)26(38)17-27(30)41-31-19-32(40-20-39-31)45-28(6-13-47-45)21-14-22(33(35,36)37)16-23(34)15-21/h14-20,24-25,28H,2-13,38H2,1H3,(H,39,40,41). The maximum Gasteiger partial charge on any atom is 0.416 e. The van der Waals surface area contributed by atoms with Crippen molar-refractivity contribution in [3.8, 4) is 5.75 Å². The second kappa shape index (κ2) is 13.0. The van der Waals surface area contributed by atoms with E-state index in [0.29, 0.717) is 47.3 Å². The van der Waals surface area contributed by atoms with Gasteiger partial charge in [-0.05, 0) is 55.5 Å². The van der Waals surface area contributed by atoms with Gasteiger partial charge in [0.1, 0.15) is 23.7 Å². The summed E-state index contributed by atoms with van der Waals surface area (Å²) in [4.78, 5) is 22.0. The Labute approximate surface area is 271 Å². The molecule has 10 nitrogen and oxygen atoms in total. The maximum atomic E-state index is 14.2. The number of alkyl halides is 3. The predicted octanol–water partition coefficient (Wildman–Crippen LogP) is 5.60. The first-order valence-corrected chi connectivity index (χ1v) is 16.3. The van der Waals surface area contributed by atoms with E-state index in [0.717, 1.165) is 62.9 Å². The topological polar surface area (TPSA) is 95.2 Å². The highest BCUT2D eigenvalue weighted by atomic mass is 19.4. The van der Waals surface area contributed by atoms with Crippen LogP contribution in [-0.4, -0.2) is 84.8 Å². The number of piperidine rings is 1. The molecule has 1 aliphatic carbocycles. The van der Waals surface area contributed by atoms with Gasteiger partial charge in [-0.25, -0.2) is 19.4 Å². The molecular weight excluding hydrogens is 616 g/mol. The number of hydrogen-bond acceptors (Lipinski definition) is 10. The molecule has 3 N–H and O–H groups in total. The molecule has 0 amide bonds. The first-order chi connectivity index (χ1) is 22.7. The molecule has 4 aliphatic rings. The van der Waals surface area contributed by atoms with E-state index < -0.39 is 23.6 Å². The third-order valence-electron chi connectivity index (χ3n) is 9.76. The molecule has 2 aromatic carbocycles. The average molecular weight is 657 g/mol. The van der Waals surface area contributed by atoms with Crippen molar-refractivity contribution in [1.82, 2.24) is 19.8 Å². The van der Waals surface area contributed by atoms with E-state index in [1.165, 1.54) is 37.3 Å². The smallest absolute Gasteiger partial charge is 0.416 e. The number of hydroxylamine groups is 1. The first-order valence-electron chi connectivity index (χ1n) is 16.3. The normalized spacial score (nSPS) is 21.8. The number of anilines is 5. The van der Waals surface area contributed by atoms with Gasteiger partial charge in [0.05, 0.1) is 42.4 Å². The Morgan fingerprint density at radius 3 is 2.23 bits per heavy atom. The number of methoxy groups -OCH3 is 1.